The van der Waals surface area contributed by atoms with Crippen LogP contribution in [-0.4, -0.2) is 52.8 Å². The van der Waals surface area contributed by atoms with Crippen molar-refractivity contribution in [3.8, 4) is 0 Å². The molecule has 1 saturated heterocycles. The largest absolute Gasteiger partial charge is 0.444 e. The van der Waals surface area contributed by atoms with E-state index in [-0.39, 0.29) is 6.09 Å². The quantitative estimate of drug-likeness (QED) is 0.840. The first-order valence-electron chi connectivity index (χ1n) is 9.10. The van der Waals surface area contributed by atoms with Gasteiger partial charge in [0.25, 0.3) is 0 Å². The number of ether oxygens (including phenoxy) is 1. The minimum atomic E-state index is -0.418. The SMILES string of the molecule is CC1SCCCC1NC1CCC(N(C)C(=O)OC(C)(C)C)CC1. The highest BCUT2D eigenvalue weighted by molar-refractivity contribution is 7.99. The molecular formula is C18H34N2O2S. The monoisotopic (exact) mass is 342 g/mol. The highest BCUT2D eigenvalue weighted by atomic mass is 32.2. The third-order valence-electron chi connectivity index (χ3n) is 4.98. The Morgan fingerprint density at radius 2 is 1.83 bits per heavy atom. The van der Waals surface area contributed by atoms with Crippen molar-refractivity contribution in [2.45, 2.75) is 95.2 Å². The van der Waals surface area contributed by atoms with Gasteiger partial charge in [-0.15, -0.1) is 0 Å². The van der Waals surface area contributed by atoms with Crippen molar-refractivity contribution in [2.75, 3.05) is 12.8 Å². The average molecular weight is 343 g/mol. The van der Waals surface area contributed by atoms with E-state index in [1.54, 1.807) is 4.90 Å². The Labute approximate surface area is 146 Å². The smallest absolute Gasteiger partial charge is 0.410 e. The van der Waals surface area contributed by atoms with Gasteiger partial charge in [-0.2, -0.15) is 11.8 Å². The van der Waals surface area contributed by atoms with E-state index in [1.807, 2.05) is 27.8 Å². The Kier molecular flexibility index (Phi) is 6.66. The number of rotatable bonds is 3. The fourth-order valence-corrected chi connectivity index (χ4v) is 4.71. The fraction of sp³-hybridized carbons (Fsp3) is 0.944. The molecule has 1 saturated carbocycles. The van der Waals surface area contributed by atoms with Crippen LogP contribution in [0.3, 0.4) is 0 Å². The molecular weight excluding hydrogens is 308 g/mol. The number of hydrogen-bond acceptors (Lipinski definition) is 4. The third kappa shape index (κ3) is 5.86. The first-order chi connectivity index (χ1) is 10.8. The van der Waals surface area contributed by atoms with Gasteiger partial charge in [0.15, 0.2) is 0 Å². The lowest BCUT2D eigenvalue weighted by Gasteiger charge is -2.38. The molecule has 1 N–H and O–H groups in total. The zero-order valence-corrected chi connectivity index (χ0v) is 16.2. The molecule has 0 spiro atoms. The maximum atomic E-state index is 12.2. The number of amides is 1. The zero-order chi connectivity index (χ0) is 17.0. The van der Waals surface area contributed by atoms with Crippen LogP contribution in [0.1, 0.15) is 66.2 Å². The number of nitrogens with zero attached hydrogens (tertiary/aromatic N) is 1. The molecule has 1 amide bonds. The number of carbonyl (C=O) groups excluding carboxylic acids is 1. The summed E-state index contributed by atoms with van der Waals surface area (Å²) in [5.74, 6) is 1.31. The molecule has 0 radical (unpaired) electrons. The molecule has 0 bridgehead atoms. The Bertz CT molecular complexity index is 389. The van der Waals surface area contributed by atoms with Crippen LogP contribution in [0.15, 0.2) is 0 Å². The third-order valence-corrected chi connectivity index (χ3v) is 6.36. The normalized spacial score (nSPS) is 32.4. The van der Waals surface area contributed by atoms with Crippen LogP contribution in [0.25, 0.3) is 0 Å². The van der Waals surface area contributed by atoms with Crippen molar-refractivity contribution in [1.29, 1.82) is 0 Å². The summed E-state index contributed by atoms with van der Waals surface area (Å²) in [6, 6.07) is 1.60. The summed E-state index contributed by atoms with van der Waals surface area (Å²) in [6.45, 7) is 8.11. The highest BCUT2D eigenvalue weighted by Gasteiger charge is 2.31. The second-order valence-corrected chi connectivity index (χ2v) is 9.57. The molecule has 2 unspecified atom stereocenters. The van der Waals surface area contributed by atoms with E-state index in [2.05, 4.69) is 24.0 Å². The summed E-state index contributed by atoms with van der Waals surface area (Å²) in [7, 11) is 1.88. The summed E-state index contributed by atoms with van der Waals surface area (Å²) in [4.78, 5) is 14.0. The number of hydrogen-bond donors (Lipinski definition) is 1. The van der Waals surface area contributed by atoms with E-state index < -0.39 is 5.60 Å². The van der Waals surface area contributed by atoms with Crippen LogP contribution in [0.5, 0.6) is 0 Å². The van der Waals surface area contributed by atoms with Crippen LogP contribution in [-0.2, 0) is 4.74 Å². The van der Waals surface area contributed by atoms with Crippen molar-refractivity contribution >= 4 is 17.9 Å². The van der Waals surface area contributed by atoms with Gasteiger partial charge in [-0.3, -0.25) is 0 Å². The number of nitrogens with one attached hydrogen (secondary N) is 1. The van der Waals surface area contributed by atoms with E-state index in [0.29, 0.717) is 18.1 Å². The molecule has 23 heavy (non-hydrogen) atoms. The van der Waals surface area contributed by atoms with Crippen molar-refractivity contribution in [3.63, 3.8) is 0 Å². The maximum Gasteiger partial charge on any atom is 0.410 e. The van der Waals surface area contributed by atoms with Crippen molar-refractivity contribution in [2.24, 2.45) is 0 Å². The van der Waals surface area contributed by atoms with Crippen LogP contribution in [0.4, 0.5) is 4.79 Å². The van der Waals surface area contributed by atoms with E-state index in [9.17, 15) is 4.79 Å². The molecule has 5 heteroatoms. The van der Waals surface area contributed by atoms with Gasteiger partial charge in [-0.05, 0) is 65.0 Å². The van der Waals surface area contributed by atoms with Crippen LogP contribution >= 0.6 is 11.8 Å². The number of thioether (sulfide) groups is 1. The minimum absolute atomic E-state index is 0.189. The van der Waals surface area contributed by atoms with Gasteiger partial charge in [0.05, 0.1) is 0 Å². The molecule has 2 aliphatic rings. The molecule has 2 atom stereocenters. The molecule has 0 aromatic rings. The second-order valence-electron chi connectivity index (χ2n) is 8.09. The van der Waals surface area contributed by atoms with E-state index in [1.165, 1.54) is 18.6 Å². The lowest BCUT2D eigenvalue weighted by Crippen LogP contribution is -2.49. The van der Waals surface area contributed by atoms with Crippen LogP contribution in [0.2, 0.25) is 0 Å². The molecule has 2 fully saturated rings. The van der Waals surface area contributed by atoms with Gasteiger partial charge in [-0.1, -0.05) is 6.92 Å². The minimum Gasteiger partial charge on any atom is -0.444 e. The highest BCUT2D eigenvalue weighted by Crippen LogP contribution is 2.28. The van der Waals surface area contributed by atoms with Gasteiger partial charge in [0.1, 0.15) is 5.60 Å². The Morgan fingerprint density at radius 3 is 2.39 bits per heavy atom. The van der Waals surface area contributed by atoms with Gasteiger partial charge in [0, 0.05) is 30.4 Å². The fourth-order valence-electron chi connectivity index (χ4n) is 3.56. The molecule has 134 valence electrons. The molecule has 0 aromatic carbocycles. The summed E-state index contributed by atoms with van der Waals surface area (Å²) >= 11 is 2.10. The first kappa shape index (κ1) is 18.9. The average Bonchev–Trinajstić information content (AvgIpc) is 2.48. The van der Waals surface area contributed by atoms with E-state index in [0.717, 1.165) is 30.9 Å². The predicted molar refractivity (Wildman–Crippen MR) is 98.1 cm³/mol. The zero-order valence-electron chi connectivity index (χ0n) is 15.4. The predicted octanol–water partition coefficient (Wildman–Crippen LogP) is 4.04. The molecule has 0 aromatic heterocycles. The molecule has 1 heterocycles. The van der Waals surface area contributed by atoms with Gasteiger partial charge < -0.3 is 15.0 Å². The van der Waals surface area contributed by atoms with Crippen LogP contribution in [0, 0.1) is 0 Å². The molecule has 4 nitrogen and oxygen atoms in total. The Morgan fingerprint density at radius 1 is 1.17 bits per heavy atom. The Balaban J connectivity index is 1.75. The first-order valence-corrected chi connectivity index (χ1v) is 10.1. The van der Waals surface area contributed by atoms with Crippen molar-refractivity contribution in [1.82, 2.24) is 10.2 Å². The van der Waals surface area contributed by atoms with Gasteiger partial charge >= 0.3 is 6.09 Å². The van der Waals surface area contributed by atoms with E-state index >= 15 is 0 Å². The topological polar surface area (TPSA) is 41.6 Å². The molecule has 1 aliphatic carbocycles. The van der Waals surface area contributed by atoms with Crippen molar-refractivity contribution in [3.05, 3.63) is 0 Å². The summed E-state index contributed by atoms with van der Waals surface area (Å²) in [6.07, 6.45) is 6.92. The maximum absolute atomic E-state index is 12.2. The summed E-state index contributed by atoms with van der Waals surface area (Å²) in [5.41, 5.74) is -0.418. The van der Waals surface area contributed by atoms with E-state index in [4.69, 9.17) is 4.74 Å². The standard InChI is InChI=1S/C18H34N2O2S/c1-13-16(7-6-12-23-13)19-14-8-10-15(11-9-14)20(5)17(21)22-18(2,3)4/h13-16,19H,6-12H2,1-5H3. The lowest BCUT2D eigenvalue weighted by molar-refractivity contribution is 0.0178. The van der Waals surface area contributed by atoms with Crippen LogP contribution < -0.4 is 5.32 Å². The Hall–Kier alpha value is -0.420. The summed E-state index contributed by atoms with van der Waals surface area (Å²) in [5, 5.41) is 4.61. The second kappa shape index (κ2) is 8.11. The van der Waals surface area contributed by atoms with Crippen molar-refractivity contribution < 1.29 is 9.53 Å². The summed E-state index contributed by atoms with van der Waals surface area (Å²) < 4.78 is 5.48. The van der Waals surface area contributed by atoms with Gasteiger partial charge in [-0.25, -0.2) is 4.79 Å². The number of carbonyl (C=O) groups is 1. The molecule has 1 aliphatic heterocycles. The molecule has 2 rings (SSSR count). The van der Waals surface area contributed by atoms with Gasteiger partial charge in [0.2, 0.25) is 0 Å². The lowest BCUT2D eigenvalue weighted by atomic mass is 9.89.